The number of carbonyl (C=O) groups is 5. The molecule has 36 heavy (non-hydrogen) atoms. The molecule has 4 amide bonds. The molecule has 1 aliphatic heterocycles. The molecule has 0 bridgehead atoms. The van der Waals surface area contributed by atoms with Crippen LogP contribution in [0.5, 0.6) is 0 Å². The highest BCUT2D eigenvalue weighted by Gasteiger charge is 2.38. The molecule has 1 fully saturated rings. The van der Waals surface area contributed by atoms with E-state index >= 15 is 0 Å². The third-order valence-electron chi connectivity index (χ3n) is 5.73. The van der Waals surface area contributed by atoms with Crippen LogP contribution in [0.2, 0.25) is 0 Å². The van der Waals surface area contributed by atoms with Gasteiger partial charge in [-0.2, -0.15) is 0 Å². The highest BCUT2D eigenvalue weighted by molar-refractivity contribution is 5.96. The molecular formula is C21H39N9O6. The number of primary amides is 1. The van der Waals surface area contributed by atoms with E-state index in [1.807, 2.05) is 0 Å². The van der Waals surface area contributed by atoms with Gasteiger partial charge in [0.2, 0.25) is 23.6 Å². The van der Waals surface area contributed by atoms with Crippen LogP contribution in [-0.2, 0) is 24.0 Å². The van der Waals surface area contributed by atoms with Gasteiger partial charge in [0.15, 0.2) is 5.96 Å². The molecule has 13 N–H and O–H groups in total. The number of rotatable bonds is 16. The smallest absolute Gasteiger partial charge is 0.326 e. The number of carboxylic acid groups (broad SMARTS) is 1. The maximum Gasteiger partial charge on any atom is 0.326 e. The summed E-state index contributed by atoms with van der Waals surface area (Å²) in [5, 5.41) is 14.4. The third kappa shape index (κ3) is 10.4. The van der Waals surface area contributed by atoms with Crippen molar-refractivity contribution in [2.24, 2.45) is 33.7 Å². The van der Waals surface area contributed by atoms with E-state index in [4.69, 9.17) is 28.7 Å². The number of carboxylic acids is 1. The van der Waals surface area contributed by atoms with Crippen LogP contribution in [0.3, 0.4) is 0 Å². The molecule has 1 aliphatic rings. The van der Waals surface area contributed by atoms with Crippen molar-refractivity contribution in [3.8, 4) is 0 Å². The number of unbranched alkanes of at least 4 members (excludes halogenated alkanes) is 1. The molecule has 0 aromatic carbocycles. The van der Waals surface area contributed by atoms with Gasteiger partial charge in [0, 0.05) is 13.1 Å². The zero-order valence-corrected chi connectivity index (χ0v) is 20.4. The quantitative estimate of drug-likeness (QED) is 0.0570. The standard InChI is InChI=1S/C21H39N9O6/c22-8-2-1-5-12(23)17(32)29-14(11-16(24)31)18(33)28-13(6-3-9-27-21(25)26)19(34)30-10-4-7-15(30)20(35)36/h12-15H,1-11,22-23H2,(H2,24,31)(H,28,33)(H,29,32)(H,35,36)(H4,25,26,27). The maximum atomic E-state index is 13.2. The highest BCUT2D eigenvalue weighted by atomic mass is 16.4. The fourth-order valence-corrected chi connectivity index (χ4v) is 3.85. The van der Waals surface area contributed by atoms with E-state index in [2.05, 4.69) is 15.6 Å². The van der Waals surface area contributed by atoms with Crippen molar-refractivity contribution in [1.82, 2.24) is 15.5 Å². The number of hydrogen-bond acceptors (Lipinski definition) is 8. The Hall–Kier alpha value is -3.46. The van der Waals surface area contributed by atoms with Gasteiger partial charge in [-0.3, -0.25) is 24.2 Å². The molecule has 0 saturated carbocycles. The normalized spacial score (nSPS) is 17.5. The van der Waals surface area contributed by atoms with Crippen molar-refractivity contribution in [1.29, 1.82) is 0 Å². The Labute approximate surface area is 209 Å². The van der Waals surface area contributed by atoms with Crippen LogP contribution >= 0.6 is 0 Å². The van der Waals surface area contributed by atoms with E-state index < -0.39 is 60.2 Å². The SMILES string of the molecule is NCCCCC(N)C(=O)NC(CC(N)=O)C(=O)NC(CCCN=C(N)N)C(=O)N1CCCC1C(=O)O. The molecule has 4 unspecified atom stereocenters. The number of nitrogens with two attached hydrogens (primary N) is 5. The number of aliphatic imine (C=N–C) groups is 1. The van der Waals surface area contributed by atoms with Gasteiger partial charge in [0.05, 0.1) is 12.5 Å². The Kier molecular flexibility index (Phi) is 13.2. The Bertz CT molecular complexity index is 818. The lowest BCUT2D eigenvalue weighted by Gasteiger charge is -2.28. The summed E-state index contributed by atoms with van der Waals surface area (Å²) >= 11 is 0. The lowest BCUT2D eigenvalue weighted by molar-refractivity contribution is -0.149. The molecule has 0 radical (unpaired) electrons. The van der Waals surface area contributed by atoms with Gasteiger partial charge in [-0.05, 0) is 45.1 Å². The molecule has 1 rings (SSSR count). The van der Waals surface area contributed by atoms with Crippen LogP contribution in [0.4, 0.5) is 0 Å². The van der Waals surface area contributed by atoms with Crippen LogP contribution in [0, 0.1) is 0 Å². The van der Waals surface area contributed by atoms with E-state index in [1.54, 1.807) is 0 Å². The van der Waals surface area contributed by atoms with Crippen molar-refractivity contribution in [2.75, 3.05) is 19.6 Å². The van der Waals surface area contributed by atoms with Crippen molar-refractivity contribution >= 4 is 35.6 Å². The Morgan fingerprint density at radius 2 is 1.64 bits per heavy atom. The van der Waals surface area contributed by atoms with E-state index in [1.165, 1.54) is 4.90 Å². The molecule has 0 aromatic heterocycles. The zero-order chi connectivity index (χ0) is 27.3. The zero-order valence-electron chi connectivity index (χ0n) is 20.4. The van der Waals surface area contributed by atoms with Crippen LogP contribution in [0.1, 0.15) is 51.4 Å². The molecule has 0 spiro atoms. The number of aliphatic carboxylic acids is 1. The van der Waals surface area contributed by atoms with Crippen LogP contribution in [0.15, 0.2) is 4.99 Å². The number of hydrogen-bond donors (Lipinski definition) is 8. The lowest BCUT2D eigenvalue weighted by Crippen LogP contribution is -2.57. The minimum absolute atomic E-state index is 0.0834. The summed E-state index contributed by atoms with van der Waals surface area (Å²) < 4.78 is 0. The van der Waals surface area contributed by atoms with Gasteiger partial charge >= 0.3 is 5.97 Å². The summed E-state index contributed by atoms with van der Waals surface area (Å²) in [6, 6.07) is -4.46. The number of carbonyl (C=O) groups excluding carboxylic acids is 4. The summed E-state index contributed by atoms with van der Waals surface area (Å²) in [6.07, 6.45) is 2.24. The second-order valence-corrected chi connectivity index (χ2v) is 8.66. The summed E-state index contributed by atoms with van der Waals surface area (Å²) in [4.78, 5) is 66.9. The van der Waals surface area contributed by atoms with Crippen molar-refractivity contribution in [2.45, 2.75) is 75.5 Å². The minimum Gasteiger partial charge on any atom is -0.480 e. The molecular weight excluding hydrogens is 474 g/mol. The monoisotopic (exact) mass is 513 g/mol. The first-order chi connectivity index (χ1) is 17.0. The number of nitrogens with one attached hydrogen (secondary N) is 2. The number of likely N-dealkylation sites (tertiary alicyclic amines) is 1. The molecule has 204 valence electrons. The van der Waals surface area contributed by atoms with Gasteiger partial charge in [0.25, 0.3) is 0 Å². The first kappa shape index (κ1) is 30.6. The third-order valence-corrected chi connectivity index (χ3v) is 5.73. The second kappa shape index (κ2) is 15.5. The van der Waals surface area contributed by atoms with Crippen molar-refractivity contribution < 1.29 is 29.1 Å². The second-order valence-electron chi connectivity index (χ2n) is 8.66. The van der Waals surface area contributed by atoms with E-state index in [0.29, 0.717) is 38.6 Å². The molecule has 4 atom stereocenters. The Morgan fingerprint density at radius 1 is 0.972 bits per heavy atom. The lowest BCUT2D eigenvalue weighted by atomic mass is 10.1. The summed E-state index contributed by atoms with van der Waals surface area (Å²) in [7, 11) is 0. The van der Waals surface area contributed by atoms with E-state index in [0.717, 1.165) is 0 Å². The highest BCUT2D eigenvalue weighted by Crippen LogP contribution is 2.19. The van der Waals surface area contributed by atoms with Gasteiger partial charge < -0.3 is 49.3 Å². The number of guanidine groups is 1. The topological polar surface area (TPSA) is 275 Å². The van der Waals surface area contributed by atoms with E-state index in [-0.39, 0.29) is 31.9 Å². The number of amides is 4. The van der Waals surface area contributed by atoms with Gasteiger partial charge in [-0.25, -0.2) is 4.79 Å². The van der Waals surface area contributed by atoms with Gasteiger partial charge in [-0.1, -0.05) is 6.42 Å². The fourth-order valence-electron chi connectivity index (χ4n) is 3.85. The van der Waals surface area contributed by atoms with E-state index in [9.17, 15) is 29.1 Å². The summed E-state index contributed by atoms with van der Waals surface area (Å²) in [6.45, 7) is 0.831. The van der Waals surface area contributed by atoms with Crippen LogP contribution < -0.4 is 39.3 Å². The first-order valence-corrected chi connectivity index (χ1v) is 11.9. The Balaban J connectivity index is 3.00. The maximum absolute atomic E-state index is 13.2. The first-order valence-electron chi connectivity index (χ1n) is 11.9. The molecule has 0 aliphatic carbocycles. The fraction of sp³-hybridized carbons (Fsp3) is 0.714. The number of nitrogens with zero attached hydrogens (tertiary/aromatic N) is 2. The minimum atomic E-state index is -1.38. The molecule has 1 saturated heterocycles. The van der Waals surface area contributed by atoms with Gasteiger partial charge in [-0.15, -0.1) is 0 Å². The Morgan fingerprint density at radius 3 is 2.22 bits per heavy atom. The molecule has 15 heteroatoms. The predicted octanol–water partition coefficient (Wildman–Crippen LogP) is -3.58. The largest absolute Gasteiger partial charge is 0.480 e. The average Bonchev–Trinajstić information content (AvgIpc) is 3.30. The van der Waals surface area contributed by atoms with Crippen LogP contribution in [-0.4, -0.2) is 89.4 Å². The molecule has 15 nitrogen and oxygen atoms in total. The molecule has 1 heterocycles. The predicted molar refractivity (Wildman–Crippen MR) is 131 cm³/mol. The summed E-state index contributed by atoms with van der Waals surface area (Å²) in [5.41, 5.74) is 27.2. The van der Waals surface area contributed by atoms with Gasteiger partial charge in [0.1, 0.15) is 18.1 Å². The van der Waals surface area contributed by atoms with Crippen LogP contribution in [0.25, 0.3) is 0 Å². The van der Waals surface area contributed by atoms with Crippen molar-refractivity contribution in [3.63, 3.8) is 0 Å². The molecule has 0 aromatic rings. The average molecular weight is 514 g/mol. The van der Waals surface area contributed by atoms with Crippen molar-refractivity contribution in [3.05, 3.63) is 0 Å². The summed E-state index contributed by atoms with van der Waals surface area (Å²) in [5.74, 6) is -4.22.